The third-order valence-electron chi connectivity index (χ3n) is 5.89. The first-order valence-electron chi connectivity index (χ1n) is 10.9. The minimum absolute atomic E-state index is 0.0504. The van der Waals surface area contributed by atoms with Gasteiger partial charge in [-0.15, -0.1) is 0 Å². The second kappa shape index (κ2) is 9.57. The summed E-state index contributed by atoms with van der Waals surface area (Å²) in [5, 5.41) is 0. The van der Waals surface area contributed by atoms with E-state index in [1.54, 1.807) is 0 Å². The molecule has 0 fully saturated rings. The van der Waals surface area contributed by atoms with E-state index < -0.39 is 11.8 Å². The smallest absolute Gasteiger partial charge is 0.171 e. The Bertz CT molecular complexity index is 1090. The Labute approximate surface area is 189 Å². The van der Waals surface area contributed by atoms with E-state index >= 15 is 0 Å². The monoisotopic (exact) mass is 418 g/mol. The van der Waals surface area contributed by atoms with E-state index in [0.717, 1.165) is 22.3 Å². The van der Waals surface area contributed by atoms with Crippen molar-refractivity contribution in [1.29, 1.82) is 0 Å². The van der Waals surface area contributed by atoms with E-state index in [0.29, 0.717) is 11.1 Å². The van der Waals surface area contributed by atoms with Crippen molar-refractivity contribution >= 4 is 11.6 Å². The van der Waals surface area contributed by atoms with Crippen LogP contribution in [-0.2, 0) is 0 Å². The van der Waals surface area contributed by atoms with Crippen molar-refractivity contribution in [2.45, 2.75) is 25.7 Å². The van der Waals surface area contributed by atoms with Crippen LogP contribution in [0.25, 0.3) is 0 Å². The SMILES string of the molecule is Cc1ccc(C(=O)C(c2ccccc2)C(C(=O)c2ccc(C)cc2)c2ccccc2)cc1. The average molecular weight is 419 g/mol. The lowest BCUT2D eigenvalue weighted by molar-refractivity contribution is 0.0866. The molecule has 0 bridgehead atoms. The van der Waals surface area contributed by atoms with Gasteiger partial charge in [-0.1, -0.05) is 120 Å². The molecule has 2 heteroatoms. The fourth-order valence-corrected chi connectivity index (χ4v) is 4.11. The van der Waals surface area contributed by atoms with Crippen LogP contribution in [-0.4, -0.2) is 11.6 Å². The molecule has 32 heavy (non-hydrogen) atoms. The van der Waals surface area contributed by atoms with E-state index in [9.17, 15) is 9.59 Å². The number of rotatable bonds is 7. The molecule has 0 aliphatic heterocycles. The zero-order valence-corrected chi connectivity index (χ0v) is 18.4. The molecule has 4 rings (SSSR count). The maximum absolute atomic E-state index is 13.9. The average Bonchev–Trinajstić information content (AvgIpc) is 2.84. The molecule has 0 heterocycles. The molecule has 0 radical (unpaired) electrons. The lowest BCUT2D eigenvalue weighted by atomic mass is 9.73. The summed E-state index contributed by atoms with van der Waals surface area (Å²) < 4.78 is 0. The van der Waals surface area contributed by atoms with E-state index in [1.807, 2.05) is 123 Å². The fourth-order valence-electron chi connectivity index (χ4n) is 4.11. The van der Waals surface area contributed by atoms with Crippen LogP contribution in [0, 0.1) is 13.8 Å². The van der Waals surface area contributed by atoms with Crippen molar-refractivity contribution in [1.82, 2.24) is 0 Å². The second-order valence-electron chi connectivity index (χ2n) is 8.24. The lowest BCUT2D eigenvalue weighted by Crippen LogP contribution is -2.27. The Morgan fingerprint density at radius 2 is 0.781 bits per heavy atom. The van der Waals surface area contributed by atoms with E-state index in [2.05, 4.69) is 0 Å². The quantitative estimate of drug-likeness (QED) is 0.305. The minimum atomic E-state index is -0.630. The molecule has 0 N–H and O–H groups in total. The Morgan fingerprint density at radius 3 is 1.09 bits per heavy atom. The first kappa shape index (κ1) is 21.5. The zero-order valence-electron chi connectivity index (χ0n) is 18.4. The number of aryl methyl sites for hydroxylation is 2. The highest BCUT2D eigenvalue weighted by Crippen LogP contribution is 2.38. The second-order valence-corrected chi connectivity index (χ2v) is 8.24. The number of carbonyl (C=O) groups excluding carboxylic acids is 2. The van der Waals surface area contributed by atoms with Gasteiger partial charge < -0.3 is 0 Å². The van der Waals surface area contributed by atoms with Crippen molar-refractivity contribution in [2.24, 2.45) is 0 Å². The summed E-state index contributed by atoms with van der Waals surface area (Å²) in [4.78, 5) is 27.8. The number of ketones is 2. The van der Waals surface area contributed by atoms with Crippen LogP contribution in [0.15, 0.2) is 109 Å². The van der Waals surface area contributed by atoms with Crippen molar-refractivity contribution in [3.8, 4) is 0 Å². The van der Waals surface area contributed by atoms with Crippen LogP contribution in [0.1, 0.15) is 54.8 Å². The first-order valence-corrected chi connectivity index (χ1v) is 10.9. The lowest BCUT2D eigenvalue weighted by Gasteiger charge is -2.26. The highest BCUT2D eigenvalue weighted by atomic mass is 16.1. The third kappa shape index (κ3) is 4.60. The summed E-state index contributed by atoms with van der Waals surface area (Å²) in [6.07, 6.45) is 0. The molecule has 158 valence electrons. The summed E-state index contributed by atoms with van der Waals surface area (Å²) in [5.41, 5.74) is 5.09. The van der Waals surface area contributed by atoms with Crippen molar-refractivity contribution in [2.75, 3.05) is 0 Å². The van der Waals surface area contributed by atoms with Crippen molar-refractivity contribution in [3.05, 3.63) is 143 Å². The summed E-state index contributed by atoms with van der Waals surface area (Å²) >= 11 is 0. The van der Waals surface area contributed by atoms with Gasteiger partial charge in [-0.3, -0.25) is 9.59 Å². The van der Waals surface area contributed by atoms with E-state index in [-0.39, 0.29) is 11.6 Å². The molecule has 0 aliphatic carbocycles. The van der Waals surface area contributed by atoms with Crippen molar-refractivity contribution in [3.63, 3.8) is 0 Å². The van der Waals surface area contributed by atoms with Gasteiger partial charge in [-0.2, -0.15) is 0 Å². The number of carbonyl (C=O) groups is 2. The summed E-state index contributed by atoms with van der Waals surface area (Å²) in [6, 6.07) is 34.5. The summed E-state index contributed by atoms with van der Waals surface area (Å²) in [6.45, 7) is 3.99. The van der Waals surface area contributed by atoms with E-state index in [4.69, 9.17) is 0 Å². The molecular formula is C30H26O2. The Kier molecular flexibility index (Phi) is 6.42. The maximum Gasteiger partial charge on any atom is 0.171 e. The minimum Gasteiger partial charge on any atom is -0.293 e. The first-order chi connectivity index (χ1) is 15.5. The highest BCUT2D eigenvalue weighted by Gasteiger charge is 2.37. The molecule has 0 aromatic heterocycles. The van der Waals surface area contributed by atoms with Gasteiger partial charge in [-0.25, -0.2) is 0 Å². The standard InChI is InChI=1S/C30H26O2/c1-21-13-17-25(18-14-21)29(31)27(23-9-5-3-6-10-23)28(24-11-7-4-8-12-24)30(32)26-19-15-22(2)16-20-26/h3-20,27-28H,1-2H3. The van der Waals surface area contributed by atoms with Gasteiger partial charge in [0.05, 0.1) is 11.8 Å². The van der Waals surface area contributed by atoms with Crippen LogP contribution in [0.4, 0.5) is 0 Å². The topological polar surface area (TPSA) is 34.1 Å². The molecule has 0 amide bonds. The predicted molar refractivity (Wildman–Crippen MR) is 129 cm³/mol. The molecule has 0 spiro atoms. The Balaban J connectivity index is 1.88. The number of benzene rings is 4. The predicted octanol–water partition coefficient (Wildman–Crippen LogP) is 6.94. The molecule has 0 aliphatic rings. The van der Waals surface area contributed by atoms with Crippen LogP contribution in [0.2, 0.25) is 0 Å². The molecule has 4 aromatic rings. The Morgan fingerprint density at radius 1 is 0.469 bits per heavy atom. The van der Waals surface area contributed by atoms with Crippen molar-refractivity contribution < 1.29 is 9.59 Å². The number of Topliss-reactive ketones (excluding diaryl/α,β-unsaturated/α-hetero) is 2. The summed E-state index contributed by atoms with van der Waals surface area (Å²) in [5.74, 6) is -1.36. The summed E-state index contributed by atoms with van der Waals surface area (Å²) in [7, 11) is 0. The van der Waals surface area contributed by atoms with Gasteiger partial charge in [0, 0.05) is 11.1 Å². The molecule has 2 unspecified atom stereocenters. The van der Waals surface area contributed by atoms with Crippen LogP contribution in [0.3, 0.4) is 0 Å². The highest BCUT2D eigenvalue weighted by molar-refractivity contribution is 6.09. The third-order valence-corrected chi connectivity index (χ3v) is 5.89. The van der Waals surface area contributed by atoms with Gasteiger partial charge >= 0.3 is 0 Å². The van der Waals surface area contributed by atoms with E-state index in [1.165, 1.54) is 0 Å². The van der Waals surface area contributed by atoms with Crippen LogP contribution < -0.4 is 0 Å². The van der Waals surface area contributed by atoms with Gasteiger partial charge in [0.1, 0.15) is 0 Å². The van der Waals surface area contributed by atoms with Gasteiger partial charge in [-0.05, 0) is 25.0 Å². The van der Waals surface area contributed by atoms with Gasteiger partial charge in [0.2, 0.25) is 0 Å². The molecule has 0 saturated carbocycles. The number of hydrogen-bond acceptors (Lipinski definition) is 2. The zero-order chi connectivity index (χ0) is 22.5. The molecule has 0 saturated heterocycles. The van der Waals surface area contributed by atoms with Gasteiger partial charge in [0.25, 0.3) is 0 Å². The number of hydrogen-bond donors (Lipinski definition) is 0. The van der Waals surface area contributed by atoms with Crippen LogP contribution >= 0.6 is 0 Å². The molecule has 2 nitrogen and oxygen atoms in total. The maximum atomic E-state index is 13.9. The largest absolute Gasteiger partial charge is 0.293 e. The molecule has 2 atom stereocenters. The van der Waals surface area contributed by atoms with Gasteiger partial charge in [0.15, 0.2) is 11.6 Å². The normalized spacial score (nSPS) is 12.7. The Hall–Kier alpha value is -3.78. The van der Waals surface area contributed by atoms with Crippen LogP contribution in [0.5, 0.6) is 0 Å². The fraction of sp³-hybridized carbons (Fsp3) is 0.133. The molecular weight excluding hydrogens is 392 g/mol. The molecule has 4 aromatic carbocycles.